The molecule has 0 N–H and O–H groups in total. The third kappa shape index (κ3) is 3.05. The highest BCUT2D eigenvalue weighted by molar-refractivity contribution is 5.31. The van der Waals surface area contributed by atoms with Gasteiger partial charge in [0.15, 0.2) is 0 Å². The van der Waals surface area contributed by atoms with Gasteiger partial charge in [-0.25, -0.2) is 0 Å². The molecule has 1 aromatic carbocycles. The number of hydrogen-bond donors (Lipinski definition) is 0. The minimum atomic E-state index is 0.483. The third-order valence-corrected chi connectivity index (χ3v) is 2.37. The minimum absolute atomic E-state index is 0.483. The maximum Gasteiger partial charge on any atom is 0.138 e. The molecule has 0 bridgehead atoms. The maximum atomic E-state index is 8.67. The number of ether oxygens (including phenoxy) is 1. The quantitative estimate of drug-likeness (QED) is 0.805. The molecule has 0 aliphatic heterocycles. The zero-order chi connectivity index (χ0) is 12.1. The van der Waals surface area contributed by atoms with Crippen molar-refractivity contribution in [1.82, 2.24) is 4.98 Å². The Morgan fingerprint density at radius 2 is 1.94 bits per heavy atom. The Kier molecular flexibility index (Phi) is 3.37. The SMILES string of the molecule is Cc1ccc(OCc2ccc(C#N)cc2)cn1. The normalized spacial score (nSPS) is 9.65. The van der Waals surface area contributed by atoms with E-state index in [2.05, 4.69) is 11.1 Å². The highest BCUT2D eigenvalue weighted by atomic mass is 16.5. The highest BCUT2D eigenvalue weighted by Gasteiger charge is 1.97. The van der Waals surface area contributed by atoms with Gasteiger partial charge >= 0.3 is 0 Å². The zero-order valence-electron chi connectivity index (χ0n) is 9.55. The second-order valence-corrected chi connectivity index (χ2v) is 3.73. The smallest absolute Gasteiger partial charge is 0.138 e. The van der Waals surface area contributed by atoms with Crippen molar-refractivity contribution in [2.75, 3.05) is 0 Å². The molecular formula is C14H12N2O. The van der Waals surface area contributed by atoms with Gasteiger partial charge in [0, 0.05) is 5.69 Å². The zero-order valence-corrected chi connectivity index (χ0v) is 9.55. The van der Waals surface area contributed by atoms with Gasteiger partial charge in [-0.3, -0.25) is 4.98 Å². The van der Waals surface area contributed by atoms with Crippen molar-refractivity contribution in [3.8, 4) is 11.8 Å². The molecule has 0 radical (unpaired) electrons. The first-order valence-electron chi connectivity index (χ1n) is 5.32. The Morgan fingerprint density at radius 1 is 1.18 bits per heavy atom. The van der Waals surface area contributed by atoms with E-state index in [-0.39, 0.29) is 0 Å². The van der Waals surface area contributed by atoms with E-state index < -0.39 is 0 Å². The highest BCUT2D eigenvalue weighted by Crippen LogP contribution is 2.12. The van der Waals surface area contributed by atoms with E-state index in [1.807, 2.05) is 31.2 Å². The van der Waals surface area contributed by atoms with E-state index in [0.717, 1.165) is 17.0 Å². The molecule has 84 valence electrons. The molecule has 0 fully saturated rings. The van der Waals surface area contributed by atoms with Crippen molar-refractivity contribution in [2.24, 2.45) is 0 Å². The predicted octanol–water partition coefficient (Wildman–Crippen LogP) is 2.84. The van der Waals surface area contributed by atoms with E-state index in [4.69, 9.17) is 10.00 Å². The van der Waals surface area contributed by atoms with Crippen molar-refractivity contribution < 1.29 is 4.74 Å². The molecule has 0 saturated heterocycles. The second-order valence-electron chi connectivity index (χ2n) is 3.73. The average Bonchev–Trinajstić information content (AvgIpc) is 2.39. The summed E-state index contributed by atoms with van der Waals surface area (Å²) in [6, 6.07) is 13.2. The van der Waals surface area contributed by atoms with Gasteiger partial charge in [-0.1, -0.05) is 12.1 Å². The lowest BCUT2D eigenvalue weighted by Crippen LogP contribution is -1.96. The summed E-state index contributed by atoms with van der Waals surface area (Å²) in [5, 5.41) is 8.67. The van der Waals surface area contributed by atoms with Gasteiger partial charge in [-0.05, 0) is 36.8 Å². The molecule has 0 saturated carbocycles. The number of hydrogen-bond acceptors (Lipinski definition) is 3. The Labute approximate surface area is 100 Å². The van der Waals surface area contributed by atoms with Crippen molar-refractivity contribution in [2.45, 2.75) is 13.5 Å². The monoisotopic (exact) mass is 224 g/mol. The minimum Gasteiger partial charge on any atom is -0.487 e. The van der Waals surface area contributed by atoms with E-state index in [1.165, 1.54) is 0 Å². The molecule has 0 aliphatic rings. The molecule has 0 aliphatic carbocycles. The molecule has 0 amide bonds. The van der Waals surface area contributed by atoms with Crippen LogP contribution in [-0.2, 0) is 6.61 Å². The number of rotatable bonds is 3. The number of pyridine rings is 1. The first kappa shape index (κ1) is 11.2. The number of benzene rings is 1. The molecule has 0 atom stereocenters. The van der Waals surface area contributed by atoms with Crippen molar-refractivity contribution in [1.29, 1.82) is 5.26 Å². The standard InChI is InChI=1S/C14H12N2O/c1-11-2-7-14(9-16-11)17-10-13-5-3-12(8-15)4-6-13/h2-7,9H,10H2,1H3. The molecule has 0 unspecified atom stereocenters. The van der Waals surface area contributed by atoms with E-state index in [9.17, 15) is 0 Å². The summed E-state index contributed by atoms with van der Waals surface area (Å²) in [6.07, 6.45) is 1.71. The lowest BCUT2D eigenvalue weighted by atomic mass is 10.2. The Balaban J connectivity index is 1.98. The maximum absolute atomic E-state index is 8.67. The van der Waals surface area contributed by atoms with Gasteiger partial charge in [0.2, 0.25) is 0 Å². The molecule has 17 heavy (non-hydrogen) atoms. The van der Waals surface area contributed by atoms with Crippen molar-refractivity contribution in [3.63, 3.8) is 0 Å². The summed E-state index contributed by atoms with van der Waals surface area (Å²) in [5.74, 6) is 0.750. The largest absolute Gasteiger partial charge is 0.487 e. The fourth-order valence-corrected chi connectivity index (χ4v) is 1.38. The second kappa shape index (κ2) is 5.13. The van der Waals surface area contributed by atoms with Crippen LogP contribution < -0.4 is 4.74 Å². The molecular weight excluding hydrogens is 212 g/mol. The van der Waals surface area contributed by atoms with E-state index in [0.29, 0.717) is 12.2 Å². The number of aryl methyl sites for hydroxylation is 1. The summed E-state index contributed by atoms with van der Waals surface area (Å²) in [7, 11) is 0. The summed E-state index contributed by atoms with van der Waals surface area (Å²) in [6.45, 7) is 2.42. The van der Waals surface area contributed by atoms with Crippen LogP contribution in [-0.4, -0.2) is 4.98 Å². The molecule has 3 heteroatoms. The van der Waals surface area contributed by atoms with Crippen LogP contribution in [0.3, 0.4) is 0 Å². The van der Waals surface area contributed by atoms with Crippen molar-refractivity contribution >= 4 is 0 Å². The fraction of sp³-hybridized carbons (Fsp3) is 0.143. The lowest BCUT2D eigenvalue weighted by molar-refractivity contribution is 0.305. The van der Waals surface area contributed by atoms with Crippen LogP contribution in [0.5, 0.6) is 5.75 Å². The topological polar surface area (TPSA) is 45.9 Å². The number of nitriles is 1. The number of nitrogens with zero attached hydrogens (tertiary/aromatic N) is 2. The Hall–Kier alpha value is -2.34. The van der Waals surface area contributed by atoms with Crippen LogP contribution in [0.4, 0.5) is 0 Å². The summed E-state index contributed by atoms with van der Waals surface area (Å²) in [4.78, 5) is 4.15. The summed E-state index contributed by atoms with van der Waals surface area (Å²) < 4.78 is 5.58. The van der Waals surface area contributed by atoms with Crippen LogP contribution in [0.1, 0.15) is 16.8 Å². The first-order chi connectivity index (χ1) is 8.28. The van der Waals surface area contributed by atoms with Crippen LogP contribution in [0, 0.1) is 18.3 Å². The average molecular weight is 224 g/mol. The molecule has 1 aromatic heterocycles. The van der Waals surface area contributed by atoms with Crippen LogP contribution in [0.15, 0.2) is 42.6 Å². The van der Waals surface area contributed by atoms with Gasteiger partial charge < -0.3 is 4.74 Å². The first-order valence-corrected chi connectivity index (χ1v) is 5.32. The van der Waals surface area contributed by atoms with Gasteiger partial charge in [0.05, 0.1) is 17.8 Å². The molecule has 2 aromatic rings. The van der Waals surface area contributed by atoms with Crippen LogP contribution >= 0.6 is 0 Å². The summed E-state index contributed by atoms with van der Waals surface area (Å²) in [5.41, 5.74) is 2.66. The van der Waals surface area contributed by atoms with Gasteiger partial charge in [0.1, 0.15) is 12.4 Å². The molecule has 0 spiro atoms. The Bertz CT molecular complexity index is 524. The molecule has 2 rings (SSSR count). The van der Waals surface area contributed by atoms with Gasteiger partial charge in [-0.2, -0.15) is 5.26 Å². The van der Waals surface area contributed by atoms with Crippen molar-refractivity contribution in [3.05, 3.63) is 59.4 Å². The predicted molar refractivity (Wildman–Crippen MR) is 64.5 cm³/mol. The fourth-order valence-electron chi connectivity index (χ4n) is 1.38. The van der Waals surface area contributed by atoms with Gasteiger partial charge in [0.25, 0.3) is 0 Å². The molecule has 3 nitrogen and oxygen atoms in total. The summed E-state index contributed by atoms with van der Waals surface area (Å²) >= 11 is 0. The lowest BCUT2D eigenvalue weighted by Gasteiger charge is -2.05. The van der Waals surface area contributed by atoms with E-state index >= 15 is 0 Å². The van der Waals surface area contributed by atoms with Gasteiger partial charge in [-0.15, -0.1) is 0 Å². The third-order valence-electron chi connectivity index (χ3n) is 2.37. The van der Waals surface area contributed by atoms with Crippen LogP contribution in [0.25, 0.3) is 0 Å². The van der Waals surface area contributed by atoms with Crippen LogP contribution in [0.2, 0.25) is 0 Å². The van der Waals surface area contributed by atoms with E-state index in [1.54, 1.807) is 18.3 Å². The Morgan fingerprint density at radius 3 is 2.53 bits per heavy atom. The molecule has 1 heterocycles. The number of aromatic nitrogens is 1.